The number of fused-ring (bicyclic) bond motifs is 1. The number of carbonyl (C=O) groups is 2. The highest BCUT2D eigenvalue weighted by Gasteiger charge is 2.37. The highest BCUT2D eigenvalue weighted by atomic mass is 19.4. The summed E-state index contributed by atoms with van der Waals surface area (Å²) in [6.45, 7) is 3.37. The molecule has 9 nitrogen and oxygen atoms in total. The Labute approximate surface area is 182 Å². The van der Waals surface area contributed by atoms with E-state index in [-0.39, 0.29) is 30.1 Å². The highest BCUT2D eigenvalue weighted by Crippen LogP contribution is 2.32. The minimum Gasteiger partial charge on any atom is -0.384 e. The fraction of sp³-hybridized carbons (Fsp3) is 0.500. The molecule has 4 rings (SSSR count). The summed E-state index contributed by atoms with van der Waals surface area (Å²) in [5.74, 6) is 0.0495. The van der Waals surface area contributed by atoms with Gasteiger partial charge >= 0.3 is 12.2 Å². The zero-order chi connectivity index (χ0) is 23.0. The number of nitrogens with zero attached hydrogens (tertiary/aromatic N) is 5. The predicted octanol–water partition coefficient (Wildman–Crippen LogP) is 2.73. The largest absolute Gasteiger partial charge is 0.433 e. The molecule has 12 heteroatoms. The van der Waals surface area contributed by atoms with Gasteiger partial charge in [0.05, 0.1) is 43.3 Å². The summed E-state index contributed by atoms with van der Waals surface area (Å²) >= 11 is 0. The first-order valence-electron chi connectivity index (χ1n) is 10.1. The summed E-state index contributed by atoms with van der Waals surface area (Å²) in [6.07, 6.45) is -1.61. The minimum atomic E-state index is -4.61. The molecule has 0 saturated carbocycles. The van der Waals surface area contributed by atoms with Crippen LogP contribution in [0.3, 0.4) is 0 Å². The molecule has 32 heavy (non-hydrogen) atoms. The van der Waals surface area contributed by atoms with Crippen molar-refractivity contribution in [1.82, 2.24) is 19.7 Å². The van der Waals surface area contributed by atoms with E-state index in [0.29, 0.717) is 37.5 Å². The van der Waals surface area contributed by atoms with Gasteiger partial charge in [0.2, 0.25) is 5.91 Å². The van der Waals surface area contributed by atoms with Crippen LogP contribution >= 0.6 is 0 Å². The van der Waals surface area contributed by atoms with E-state index in [1.807, 2.05) is 6.92 Å². The van der Waals surface area contributed by atoms with Gasteiger partial charge in [0.15, 0.2) is 0 Å². The first-order chi connectivity index (χ1) is 15.2. The number of urea groups is 1. The molecule has 4 heterocycles. The molecule has 2 aliphatic rings. The van der Waals surface area contributed by atoms with E-state index in [9.17, 15) is 22.8 Å². The van der Waals surface area contributed by atoms with E-state index in [0.717, 1.165) is 12.3 Å². The Bertz CT molecular complexity index is 1020. The van der Waals surface area contributed by atoms with Gasteiger partial charge in [-0.05, 0) is 19.1 Å². The second-order valence-electron chi connectivity index (χ2n) is 8.02. The zero-order valence-electron chi connectivity index (χ0n) is 17.6. The molecule has 1 N–H and O–H groups in total. The quantitative estimate of drug-likeness (QED) is 0.770. The third kappa shape index (κ3) is 4.27. The Hall–Kier alpha value is -3.15. The number of nitrogens with one attached hydrogen (secondary N) is 1. The average Bonchev–Trinajstić information content (AvgIpc) is 3.29. The first kappa shape index (κ1) is 22.1. The Morgan fingerprint density at radius 1 is 1.34 bits per heavy atom. The third-order valence-electron chi connectivity index (χ3n) is 5.68. The molecule has 2 aliphatic heterocycles. The normalized spacial score (nSPS) is 21.1. The molecule has 1 saturated heterocycles. The Kier molecular flexibility index (Phi) is 5.80. The number of aromatic nitrogens is 3. The van der Waals surface area contributed by atoms with Crippen LogP contribution in [0, 0.1) is 5.92 Å². The molecule has 2 aromatic heterocycles. The molecule has 0 spiro atoms. The fourth-order valence-electron chi connectivity index (χ4n) is 4.10. The van der Waals surface area contributed by atoms with Gasteiger partial charge < -0.3 is 19.9 Å². The molecule has 0 bridgehead atoms. The van der Waals surface area contributed by atoms with Crippen molar-refractivity contribution in [3.8, 4) is 0 Å². The predicted molar refractivity (Wildman–Crippen MR) is 108 cm³/mol. The van der Waals surface area contributed by atoms with E-state index in [1.54, 1.807) is 22.9 Å². The summed E-state index contributed by atoms with van der Waals surface area (Å²) in [7, 11) is 1.59. The van der Waals surface area contributed by atoms with Crippen LogP contribution in [0.2, 0.25) is 0 Å². The van der Waals surface area contributed by atoms with Gasteiger partial charge in [0.1, 0.15) is 5.69 Å². The molecule has 172 valence electrons. The second-order valence-corrected chi connectivity index (χ2v) is 8.02. The number of hydrogen-bond acceptors (Lipinski definition) is 5. The SMILES string of the molecule is COCC1CC(=O)N(c2cnn3c2CN(C(=O)Nc2ccnc(C(F)(F)F)c2)[C@@H](C)C3)C1. The van der Waals surface area contributed by atoms with E-state index in [1.165, 1.54) is 11.0 Å². The minimum absolute atomic E-state index is 0.000887. The van der Waals surface area contributed by atoms with Gasteiger partial charge in [-0.2, -0.15) is 18.3 Å². The Balaban J connectivity index is 1.52. The van der Waals surface area contributed by atoms with E-state index >= 15 is 0 Å². The van der Waals surface area contributed by atoms with Crippen LogP contribution in [0.15, 0.2) is 24.5 Å². The molecule has 2 aromatic rings. The lowest BCUT2D eigenvalue weighted by atomic mass is 10.1. The summed E-state index contributed by atoms with van der Waals surface area (Å²) in [5.41, 5.74) is 0.262. The maximum atomic E-state index is 12.9. The lowest BCUT2D eigenvalue weighted by Crippen LogP contribution is -2.47. The van der Waals surface area contributed by atoms with Crippen molar-refractivity contribution < 1.29 is 27.5 Å². The number of alkyl halides is 3. The van der Waals surface area contributed by atoms with Crippen LogP contribution in [0.1, 0.15) is 24.7 Å². The second kappa shape index (κ2) is 8.41. The van der Waals surface area contributed by atoms with Crippen LogP contribution in [0.25, 0.3) is 0 Å². The van der Waals surface area contributed by atoms with E-state index < -0.39 is 17.9 Å². The molecule has 0 aromatic carbocycles. The average molecular weight is 452 g/mol. The standard InChI is InChI=1S/C20H23F3N6O3/c1-12-8-29-16(15(7-25-29)28-9-13(11-32-2)5-18(28)30)10-27(12)19(31)26-14-3-4-24-17(6-14)20(21,22)23/h3-4,6-7,12-13H,5,8-11H2,1-2H3,(H,24,26,31)/t12-,13?/m0/s1. The number of pyridine rings is 1. The Morgan fingerprint density at radius 3 is 2.84 bits per heavy atom. The number of halogens is 3. The number of rotatable bonds is 4. The number of methoxy groups -OCH3 is 1. The van der Waals surface area contributed by atoms with E-state index in [2.05, 4.69) is 15.4 Å². The summed E-state index contributed by atoms with van der Waals surface area (Å²) < 4.78 is 45.7. The molecular weight excluding hydrogens is 429 g/mol. The van der Waals surface area contributed by atoms with Crippen molar-refractivity contribution in [2.24, 2.45) is 5.92 Å². The van der Waals surface area contributed by atoms with Gasteiger partial charge in [-0.1, -0.05) is 0 Å². The topological polar surface area (TPSA) is 92.6 Å². The number of hydrogen-bond donors (Lipinski definition) is 1. The maximum absolute atomic E-state index is 12.9. The van der Waals surface area contributed by atoms with Gasteiger partial charge in [0, 0.05) is 37.9 Å². The van der Waals surface area contributed by atoms with Crippen LogP contribution in [0.5, 0.6) is 0 Å². The third-order valence-corrected chi connectivity index (χ3v) is 5.68. The first-order valence-corrected chi connectivity index (χ1v) is 10.1. The van der Waals surface area contributed by atoms with Crippen molar-refractivity contribution in [2.45, 2.75) is 38.7 Å². The van der Waals surface area contributed by atoms with Crippen molar-refractivity contribution in [3.63, 3.8) is 0 Å². The van der Waals surface area contributed by atoms with Crippen LogP contribution in [0.4, 0.5) is 29.3 Å². The van der Waals surface area contributed by atoms with Crippen LogP contribution in [-0.2, 0) is 28.8 Å². The summed E-state index contributed by atoms with van der Waals surface area (Å²) in [4.78, 5) is 31.9. The monoisotopic (exact) mass is 452 g/mol. The number of ether oxygens (including phenoxy) is 1. The molecule has 2 atom stereocenters. The molecule has 1 fully saturated rings. The van der Waals surface area contributed by atoms with Crippen molar-refractivity contribution in [2.75, 3.05) is 30.5 Å². The smallest absolute Gasteiger partial charge is 0.384 e. The molecule has 0 radical (unpaired) electrons. The fourth-order valence-corrected chi connectivity index (χ4v) is 4.10. The number of amides is 3. The molecule has 0 aliphatic carbocycles. The number of carbonyl (C=O) groups excluding carboxylic acids is 2. The van der Waals surface area contributed by atoms with Crippen molar-refractivity contribution in [3.05, 3.63) is 35.9 Å². The maximum Gasteiger partial charge on any atom is 0.433 e. The van der Waals surface area contributed by atoms with Crippen molar-refractivity contribution in [1.29, 1.82) is 0 Å². The zero-order valence-corrected chi connectivity index (χ0v) is 17.6. The highest BCUT2D eigenvalue weighted by molar-refractivity contribution is 5.96. The van der Waals surface area contributed by atoms with Crippen LogP contribution in [-0.4, -0.2) is 57.9 Å². The lowest BCUT2D eigenvalue weighted by molar-refractivity contribution is -0.141. The van der Waals surface area contributed by atoms with Gasteiger partial charge in [-0.3, -0.25) is 14.5 Å². The lowest BCUT2D eigenvalue weighted by Gasteiger charge is -2.35. The van der Waals surface area contributed by atoms with Gasteiger partial charge in [-0.15, -0.1) is 0 Å². The number of anilines is 2. The summed E-state index contributed by atoms with van der Waals surface area (Å²) in [6, 6.07) is 1.30. The molecule has 1 unspecified atom stereocenters. The van der Waals surface area contributed by atoms with Gasteiger partial charge in [-0.25, -0.2) is 4.79 Å². The van der Waals surface area contributed by atoms with Crippen molar-refractivity contribution >= 4 is 23.3 Å². The van der Waals surface area contributed by atoms with E-state index in [4.69, 9.17) is 4.74 Å². The molecular formula is C20H23F3N6O3. The summed E-state index contributed by atoms with van der Waals surface area (Å²) in [5, 5.41) is 6.89. The van der Waals surface area contributed by atoms with Gasteiger partial charge in [0.25, 0.3) is 0 Å². The van der Waals surface area contributed by atoms with Crippen LogP contribution < -0.4 is 10.2 Å². The molecule has 3 amide bonds. The Morgan fingerprint density at radius 2 is 2.12 bits per heavy atom.